The van der Waals surface area contributed by atoms with Crippen LogP contribution in [-0.4, -0.2) is 26.1 Å². The standard InChI is InChI=1S/C14H13N5OS/c1-10(13-3-2-8-21-13)16-14(20)11-4-6-12(7-5-11)19-9-15-17-18-19/h2-10H,1H3,(H,16,20). The third-order valence-electron chi connectivity index (χ3n) is 3.06. The van der Waals surface area contributed by atoms with Gasteiger partial charge in [-0.05, 0) is 53.1 Å². The molecule has 1 N–H and O–H groups in total. The molecule has 106 valence electrons. The van der Waals surface area contributed by atoms with Crippen LogP contribution in [0.25, 0.3) is 5.69 Å². The molecule has 1 atom stereocenters. The molecule has 3 rings (SSSR count). The van der Waals surface area contributed by atoms with E-state index in [4.69, 9.17) is 0 Å². The van der Waals surface area contributed by atoms with E-state index in [9.17, 15) is 4.79 Å². The van der Waals surface area contributed by atoms with E-state index in [1.807, 2.05) is 24.4 Å². The number of aromatic nitrogens is 4. The first kappa shape index (κ1) is 13.4. The van der Waals surface area contributed by atoms with Crippen LogP contribution in [0.5, 0.6) is 0 Å². The van der Waals surface area contributed by atoms with Gasteiger partial charge in [-0.15, -0.1) is 16.4 Å². The van der Waals surface area contributed by atoms with Crippen LogP contribution in [0.1, 0.15) is 28.2 Å². The van der Waals surface area contributed by atoms with Gasteiger partial charge in [-0.2, -0.15) is 0 Å². The highest BCUT2D eigenvalue weighted by molar-refractivity contribution is 7.10. The average Bonchev–Trinajstić information content (AvgIpc) is 3.20. The monoisotopic (exact) mass is 299 g/mol. The molecule has 0 spiro atoms. The molecular weight excluding hydrogens is 286 g/mol. The average molecular weight is 299 g/mol. The number of hydrogen-bond donors (Lipinski definition) is 1. The van der Waals surface area contributed by atoms with E-state index in [1.165, 1.54) is 11.0 Å². The van der Waals surface area contributed by atoms with Crippen LogP contribution in [0.2, 0.25) is 0 Å². The summed E-state index contributed by atoms with van der Waals surface area (Å²) >= 11 is 1.63. The number of benzene rings is 1. The van der Waals surface area contributed by atoms with Crippen molar-refractivity contribution in [3.63, 3.8) is 0 Å². The predicted octanol–water partition coefficient (Wildman–Crippen LogP) is 2.21. The van der Waals surface area contributed by atoms with Crippen LogP contribution < -0.4 is 5.32 Å². The number of carbonyl (C=O) groups excluding carboxylic acids is 1. The van der Waals surface area contributed by atoms with E-state index >= 15 is 0 Å². The lowest BCUT2D eigenvalue weighted by Gasteiger charge is -2.12. The largest absolute Gasteiger partial charge is 0.345 e. The first-order chi connectivity index (χ1) is 10.2. The van der Waals surface area contributed by atoms with Crippen LogP contribution in [-0.2, 0) is 0 Å². The zero-order valence-electron chi connectivity index (χ0n) is 11.3. The normalized spacial score (nSPS) is 12.0. The van der Waals surface area contributed by atoms with E-state index in [-0.39, 0.29) is 11.9 Å². The van der Waals surface area contributed by atoms with Gasteiger partial charge in [0.25, 0.3) is 5.91 Å². The molecule has 0 saturated heterocycles. The lowest BCUT2D eigenvalue weighted by atomic mass is 10.1. The van der Waals surface area contributed by atoms with Crippen molar-refractivity contribution in [2.75, 3.05) is 0 Å². The second kappa shape index (κ2) is 5.84. The van der Waals surface area contributed by atoms with Crippen molar-refractivity contribution in [2.24, 2.45) is 0 Å². The topological polar surface area (TPSA) is 72.7 Å². The molecule has 1 aromatic carbocycles. The lowest BCUT2D eigenvalue weighted by molar-refractivity contribution is 0.0940. The molecule has 0 saturated carbocycles. The van der Waals surface area contributed by atoms with Crippen LogP contribution in [0.4, 0.5) is 0 Å². The minimum atomic E-state index is -0.0980. The second-order valence-corrected chi connectivity index (χ2v) is 5.49. The number of rotatable bonds is 4. The number of carbonyl (C=O) groups is 1. The van der Waals surface area contributed by atoms with Gasteiger partial charge in [0.05, 0.1) is 11.7 Å². The van der Waals surface area contributed by atoms with Gasteiger partial charge in [0.2, 0.25) is 0 Å². The molecule has 21 heavy (non-hydrogen) atoms. The molecule has 2 heterocycles. The summed E-state index contributed by atoms with van der Waals surface area (Å²) in [4.78, 5) is 13.3. The van der Waals surface area contributed by atoms with E-state index < -0.39 is 0 Å². The van der Waals surface area contributed by atoms with Gasteiger partial charge in [0, 0.05) is 10.4 Å². The van der Waals surface area contributed by atoms with E-state index in [1.54, 1.807) is 35.6 Å². The Bertz CT molecular complexity index is 706. The number of thiophene rings is 1. The number of nitrogens with zero attached hydrogens (tertiary/aromatic N) is 4. The van der Waals surface area contributed by atoms with Crippen molar-refractivity contribution in [1.82, 2.24) is 25.5 Å². The molecule has 1 amide bonds. The Labute approximate surface area is 125 Å². The first-order valence-corrected chi connectivity index (χ1v) is 7.30. The van der Waals surface area contributed by atoms with Crippen molar-refractivity contribution in [3.8, 4) is 5.69 Å². The smallest absolute Gasteiger partial charge is 0.251 e. The summed E-state index contributed by atoms with van der Waals surface area (Å²) < 4.78 is 1.54. The predicted molar refractivity (Wildman–Crippen MR) is 79.4 cm³/mol. The Hall–Kier alpha value is -2.54. The summed E-state index contributed by atoms with van der Waals surface area (Å²) in [7, 11) is 0. The molecule has 0 radical (unpaired) electrons. The summed E-state index contributed by atoms with van der Waals surface area (Å²) in [6.45, 7) is 1.97. The van der Waals surface area contributed by atoms with Crippen LogP contribution in [0.3, 0.4) is 0 Å². The molecule has 0 aliphatic rings. The minimum Gasteiger partial charge on any atom is -0.345 e. The Kier molecular flexibility index (Phi) is 3.74. The van der Waals surface area contributed by atoms with E-state index in [2.05, 4.69) is 20.8 Å². The summed E-state index contributed by atoms with van der Waals surface area (Å²) in [6, 6.07) is 11.1. The fourth-order valence-corrected chi connectivity index (χ4v) is 2.67. The zero-order valence-corrected chi connectivity index (χ0v) is 12.1. The molecular formula is C14H13N5OS. The van der Waals surface area contributed by atoms with Gasteiger partial charge in [0.15, 0.2) is 0 Å². The summed E-state index contributed by atoms with van der Waals surface area (Å²) in [5.41, 5.74) is 1.41. The second-order valence-electron chi connectivity index (χ2n) is 4.51. The molecule has 2 aromatic heterocycles. The van der Waals surface area contributed by atoms with Crippen molar-refractivity contribution in [1.29, 1.82) is 0 Å². The van der Waals surface area contributed by atoms with Gasteiger partial charge >= 0.3 is 0 Å². The maximum Gasteiger partial charge on any atom is 0.251 e. The molecule has 7 heteroatoms. The molecule has 3 aromatic rings. The highest BCUT2D eigenvalue weighted by Gasteiger charge is 2.12. The van der Waals surface area contributed by atoms with Crippen LogP contribution in [0.15, 0.2) is 48.1 Å². The third kappa shape index (κ3) is 2.97. The molecule has 0 aliphatic carbocycles. The Balaban J connectivity index is 1.70. The number of amides is 1. The summed E-state index contributed by atoms with van der Waals surface area (Å²) in [5.74, 6) is -0.0980. The highest BCUT2D eigenvalue weighted by atomic mass is 32.1. The van der Waals surface area contributed by atoms with Crippen LogP contribution in [0, 0.1) is 0 Å². The Morgan fingerprint density at radius 2 is 2.10 bits per heavy atom. The molecule has 0 aliphatic heterocycles. The van der Waals surface area contributed by atoms with Gasteiger partial charge in [-0.3, -0.25) is 4.79 Å². The third-order valence-corrected chi connectivity index (χ3v) is 4.12. The maximum atomic E-state index is 12.2. The van der Waals surface area contributed by atoms with Crippen molar-refractivity contribution in [3.05, 3.63) is 58.5 Å². The minimum absolute atomic E-state index is 0.00306. The lowest BCUT2D eigenvalue weighted by Crippen LogP contribution is -2.26. The zero-order chi connectivity index (χ0) is 14.7. The summed E-state index contributed by atoms with van der Waals surface area (Å²) in [5, 5.41) is 15.9. The van der Waals surface area contributed by atoms with E-state index in [0.717, 1.165) is 10.6 Å². The fraction of sp³-hybridized carbons (Fsp3) is 0.143. The SMILES string of the molecule is CC(NC(=O)c1ccc(-n2cnnn2)cc1)c1cccs1. The van der Waals surface area contributed by atoms with E-state index in [0.29, 0.717) is 5.56 Å². The van der Waals surface area contributed by atoms with Gasteiger partial charge in [0.1, 0.15) is 6.33 Å². The van der Waals surface area contributed by atoms with Crippen molar-refractivity contribution in [2.45, 2.75) is 13.0 Å². The Morgan fingerprint density at radius 3 is 2.71 bits per heavy atom. The van der Waals surface area contributed by atoms with Gasteiger partial charge in [-0.1, -0.05) is 6.07 Å². The number of hydrogen-bond acceptors (Lipinski definition) is 5. The maximum absolute atomic E-state index is 12.2. The molecule has 1 unspecified atom stereocenters. The van der Waals surface area contributed by atoms with Crippen molar-refractivity contribution >= 4 is 17.2 Å². The Morgan fingerprint density at radius 1 is 1.29 bits per heavy atom. The summed E-state index contributed by atoms with van der Waals surface area (Å²) in [6.07, 6.45) is 1.51. The molecule has 0 fully saturated rings. The first-order valence-electron chi connectivity index (χ1n) is 6.42. The molecule has 0 bridgehead atoms. The van der Waals surface area contributed by atoms with Crippen LogP contribution >= 0.6 is 11.3 Å². The highest BCUT2D eigenvalue weighted by Crippen LogP contribution is 2.18. The fourth-order valence-electron chi connectivity index (χ4n) is 1.93. The quantitative estimate of drug-likeness (QED) is 0.801. The van der Waals surface area contributed by atoms with Gasteiger partial charge < -0.3 is 5.32 Å². The van der Waals surface area contributed by atoms with Gasteiger partial charge in [-0.25, -0.2) is 4.68 Å². The molecule has 6 nitrogen and oxygen atoms in total. The number of nitrogens with one attached hydrogen (secondary N) is 1. The van der Waals surface area contributed by atoms with Crippen molar-refractivity contribution < 1.29 is 4.79 Å². The number of tetrazole rings is 1.